The number of carbonyl (C=O) groups is 2. The lowest BCUT2D eigenvalue weighted by Crippen LogP contribution is -2.16. The van der Waals surface area contributed by atoms with Crippen LogP contribution in [0.4, 0.5) is 22.9 Å². The molecule has 3 heterocycles. The average Bonchev–Trinajstić information content (AvgIpc) is 3.15. The van der Waals surface area contributed by atoms with Crippen molar-refractivity contribution in [1.29, 1.82) is 0 Å². The van der Waals surface area contributed by atoms with E-state index >= 15 is 0 Å². The maximum absolute atomic E-state index is 13.1. The Morgan fingerprint density at radius 2 is 2.03 bits per heavy atom. The lowest BCUT2D eigenvalue weighted by atomic mass is 9.89. The van der Waals surface area contributed by atoms with Gasteiger partial charge in [0.2, 0.25) is 5.91 Å². The molecule has 1 fully saturated rings. The molecule has 1 saturated heterocycles. The van der Waals surface area contributed by atoms with E-state index in [0.717, 1.165) is 43.5 Å². The Kier molecular flexibility index (Phi) is 7.75. The molecule has 0 spiro atoms. The van der Waals surface area contributed by atoms with E-state index in [0.29, 0.717) is 40.9 Å². The van der Waals surface area contributed by atoms with Crippen LogP contribution < -0.4 is 25.4 Å². The minimum absolute atomic E-state index is 0.0235. The average molecular weight is 525 g/mol. The summed E-state index contributed by atoms with van der Waals surface area (Å²) < 4.78 is 17.2. The zero-order valence-corrected chi connectivity index (χ0v) is 21.3. The molecule has 0 aliphatic carbocycles. The maximum Gasteiger partial charge on any atom is 0.255 e. The summed E-state index contributed by atoms with van der Waals surface area (Å²) >= 11 is 0. The van der Waals surface area contributed by atoms with Gasteiger partial charge >= 0.3 is 0 Å². The number of pyridine rings is 1. The molecule has 0 unspecified atom stereocenters. The first kappa shape index (κ1) is 25.8. The molecule has 3 aromatic rings. The Hall–Kier alpha value is -4.81. The predicted octanol–water partition coefficient (Wildman–Crippen LogP) is 5.00. The Bertz CT molecular complexity index is 1460. The van der Waals surface area contributed by atoms with Crippen molar-refractivity contribution < 1.29 is 23.8 Å². The van der Waals surface area contributed by atoms with Gasteiger partial charge in [-0.1, -0.05) is 12.5 Å². The topological polar surface area (TPSA) is 111 Å². The fourth-order valence-electron chi connectivity index (χ4n) is 4.66. The van der Waals surface area contributed by atoms with Crippen molar-refractivity contribution >= 4 is 34.7 Å². The second-order valence-electron chi connectivity index (χ2n) is 9.09. The van der Waals surface area contributed by atoms with Crippen LogP contribution in [0, 0.1) is 12.3 Å². The molecule has 0 atom stereocenters. The number of amides is 2. The molecule has 0 bridgehead atoms. The highest BCUT2D eigenvalue weighted by Gasteiger charge is 2.24. The van der Waals surface area contributed by atoms with Gasteiger partial charge in [-0.05, 0) is 72.9 Å². The number of carbonyl (C=O) groups excluding carboxylic acids is 2. The number of nitrogens with one attached hydrogen (secondary N) is 3. The number of hydrogen-bond acceptors (Lipinski definition) is 7. The third-order valence-corrected chi connectivity index (χ3v) is 6.61. The minimum atomic E-state index is -0.409. The molecular weight excluding hydrogens is 496 g/mol. The van der Waals surface area contributed by atoms with Crippen LogP contribution in [0.15, 0.2) is 61.3 Å². The van der Waals surface area contributed by atoms with Gasteiger partial charge in [0.15, 0.2) is 0 Å². The van der Waals surface area contributed by atoms with Crippen molar-refractivity contribution in [3.05, 3.63) is 78.0 Å². The summed E-state index contributed by atoms with van der Waals surface area (Å²) in [7, 11) is 0. The molecule has 2 aliphatic heterocycles. The number of anilines is 4. The number of ether oxygens (including phenoxy) is 3. The van der Waals surface area contributed by atoms with Crippen molar-refractivity contribution in [2.24, 2.45) is 0 Å². The van der Waals surface area contributed by atoms with E-state index in [1.165, 1.54) is 11.6 Å². The number of rotatable bonds is 7. The normalized spacial score (nSPS) is 14.2. The number of benzene rings is 2. The van der Waals surface area contributed by atoms with E-state index in [1.807, 2.05) is 12.3 Å². The van der Waals surface area contributed by atoms with Gasteiger partial charge in [0.1, 0.15) is 30.5 Å². The van der Waals surface area contributed by atoms with E-state index < -0.39 is 5.91 Å². The van der Waals surface area contributed by atoms with Crippen LogP contribution in [0.5, 0.6) is 11.5 Å². The highest BCUT2D eigenvalue weighted by Crippen LogP contribution is 2.39. The van der Waals surface area contributed by atoms with Crippen molar-refractivity contribution in [3.8, 4) is 23.8 Å². The van der Waals surface area contributed by atoms with Gasteiger partial charge in [0, 0.05) is 36.2 Å². The van der Waals surface area contributed by atoms with Gasteiger partial charge in [-0.25, -0.2) is 4.98 Å². The van der Waals surface area contributed by atoms with Gasteiger partial charge in [-0.3, -0.25) is 9.59 Å². The molecule has 1 aromatic heterocycles. The Morgan fingerprint density at radius 1 is 1.18 bits per heavy atom. The standard InChI is InChI=1S/C30H28N4O5/c1-3-13-38-27-16-20(5-7-24(27)33-28(35)4-2)30(36)32-21-6-8-26-25(17-21)34-29-23(18-39-26)22(9-12-31-29)19-10-14-37-15-11-19/h1,4-9,12,16-17,19H,2,10-11,13-15,18H2,(H,31,34)(H,32,36)(H,33,35). The number of aromatic nitrogens is 1. The van der Waals surface area contributed by atoms with Gasteiger partial charge in [-0.15, -0.1) is 6.42 Å². The first-order chi connectivity index (χ1) is 19.1. The summed E-state index contributed by atoms with van der Waals surface area (Å²) in [6, 6.07) is 12.1. The monoisotopic (exact) mass is 524 g/mol. The number of fused-ring (bicyclic) bond motifs is 2. The Labute approximate surface area is 226 Å². The number of nitrogens with zero attached hydrogens (tertiary/aromatic N) is 1. The highest BCUT2D eigenvalue weighted by atomic mass is 16.5. The lowest BCUT2D eigenvalue weighted by molar-refractivity contribution is -0.111. The summed E-state index contributed by atoms with van der Waals surface area (Å²) in [4.78, 5) is 29.4. The first-order valence-electron chi connectivity index (χ1n) is 12.6. The Morgan fingerprint density at radius 3 is 2.82 bits per heavy atom. The van der Waals surface area contributed by atoms with E-state index in [2.05, 4.69) is 39.5 Å². The molecule has 9 nitrogen and oxygen atoms in total. The smallest absolute Gasteiger partial charge is 0.255 e. The molecule has 198 valence electrons. The fourth-order valence-corrected chi connectivity index (χ4v) is 4.66. The molecule has 0 radical (unpaired) electrons. The van der Waals surface area contributed by atoms with E-state index in [4.69, 9.17) is 20.6 Å². The number of hydrogen-bond donors (Lipinski definition) is 3. The van der Waals surface area contributed by atoms with Crippen LogP contribution in [0.2, 0.25) is 0 Å². The maximum atomic E-state index is 13.1. The van der Waals surface area contributed by atoms with E-state index in [9.17, 15) is 9.59 Å². The van der Waals surface area contributed by atoms with Gasteiger partial charge in [-0.2, -0.15) is 0 Å². The van der Waals surface area contributed by atoms with Crippen LogP contribution in [-0.2, 0) is 16.1 Å². The molecule has 3 N–H and O–H groups in total. The minimum Gasteiger partial charge on any atom is -0.487 e. The SMILES string of the molecule is C#CCOc1cc(C(=O)Nc2ccc3c(c2)Nc2nccc(C4CCOCC4)c2CO3)ccc1NC(=O)C=C. The summed E-state index contributed by atoms with van der Waals surface area (Å²) in [5.74, 6) is 3.69. The molecule has 0 saturated carbocycles. The van der Waals surface area contributed by atoms with Gasteiger partial charge in [0.25, 0.3) is 5.91 Å². The van der Waals surface area contributed by atoms with Gasteiger partial charge in [0.05, 0.1) is 11.4 Å². The predicted molar refractivity (Wildman–Crippen MR) is 149 cm³/mol. The molecule has 5 rings (SSSR count). The van der Waals surface area contributed by atoms with Crippen LogP contribution in [0.3, 0.4) is 0 Å². The van der Waals surface area contributed by atoms with Crippen LogP contribution in [0.25, 0.3) is 0 Å². The van der Waals surface area contributed by atoms with Crippen molar-refractivity contribution in [3.63, 3.8) is 0 Å². The largest absolute Gasteiger partial charge is 0.487 e. The molecule has 2 amide bonds. The Balaban J connectivity index is 1.35. The highest BCUT2D eigenvalue weighted by molar-refractivity contribution is 6.06. The molecule has 2 aliphatic rings. The second kappa shape index (κ2) is 11.7. The molecule has 39 heavy (non-hydrogen) atoms. The summed E-state index contributed by atoms with van der Waals surface area (Å²) in [5, 5.41) is 8.94. The van der Waals surface area contributed by atoms with E-state index in [-0.39, 0.29) is 18.3 Å². The van der Waals surface area contributed by atoms with Crippen molar-refractivity contribution in [2.45, 2.75) is 25.4 Å². The van der Waals surface area contributed by atoms with Crippen molar-refractivity contribution in [2.75, 3.05) is 35.8 Å². The molecule has 2 aromatic carbocycles. The lowest BCUT2D eigenvalue weighted by Gasteiger charge is -2.24. The quantitative estimate of drug-likeness (QED) is 0.295. The van der Waals surface area contributed by atoms with Crippen molar-refractivity contribution in [1.82, 2.24) is 4.98 Å². The van der Waals surface area contributed by atoms with Gasteiger partial charge < -0.3 is 30.2 Å². The first-order valence-corrected chi connectivity index (χ1v) is 12.6. The summed E-state index contributed by atoms with van der Waals surface area (Å²) in [6.45, 7) is 5.33. The second-order valence-corrected chi connectivity index (χ2v) is 9.09. The third-order valence-electron chi connectivity index (χ3n) is 6.61. The third kappa shape index (κ3) is 5.87. The van der Waals surface area contributed by atoms with E-state index in [1.54, 1.807) is 24.3 Å². The van der Waals surface area contributed by atoms with Crippen LogP contribution >= 0.6 is 0 Å². The summed E-state index contributed by atoms with van der Waals surface area (Å²) in [6.07, 6.45) is 10.2. The van der Waals surface area contributed by atoms with Crippen LogP contribution in [0.1, 0.15) is 40.2 Å². The van der Waals surface area contributed by atoms with Crippen LogP contribution in [-0.4, -0.2) is 36.6 Å². The molecular formula is C30H28N4O5. The number of terminal acetylenes is 1. The fraction of sp³-hybridized carbons (Fsp3) is 0.233. The molecule has 9 heteroatoms. The zero-order valence-electron chi connectivity index (χ0n) is 21.3. The zero-order chi connectivity index (χ0) is 27.2. The summed E-state index contributed by atoms with van der Waals surface area (Å²) in [5.41, 5.74) is 4.23.